The number of rotatable bonds is 3. The molecule has 0 aliphatic carbocycles. The summed E-state index contributed by atoms with van der Waals surface area (Å²) in [6, 6.07) is 12.8. The lowest BCUT2D eigenvalue weighted by Gasteiger charge is -2.20. The van der Waals surface area contributed by atoms with Crippen LogP contribution in [0.25, 0.3) is 0 Å². The summed E-state index contributed by atoms with van der Waals surface area (Å²) in [6.45, 7) is 8.55. The van der Waals surface area contributed by atoms with Crippen molar-refractivity contribution in [3.05, 3.63) is 63.7 Å². The van der Waals surface area contributed by atoms with E-state index < -0.39 is 0 Å². The predicted octanol–water partition coefficient (Wildman–Crippen LogP) is 5.44. The number of hydrogen-bond donors (Lipinski definition) is 1. The third kappa shape index (κ3) is 3.30. The van der Waals surface area contributed by atoms with E-state index in [-0.39, 0.29) is 6.04 Å². The van der Waals surface area contributed by atoms with E-state index in [1.807, 2.05) is 18.2 Å². The monoisotopic (exact) mass is 273 g/mol. The van der Waals surface area contributed by atoms with Crippen LogP contribution in [0.4, 0.5) is 5.69 Å². The first-order chi connectivity index (χ1) is 8.97. The van der Waals surface area contributed by atoms with Crippen molar-refractivity contribution in [2.75, 3.05) is 5.32 Å². The summed E-state index contributed by atoms with van der Waals surface area (Å²) in [5, 5.41) is 4.32. The summed E-state index contributed by atoms with van der Waals surface area (Å²) in [5.41, 5.74) is 6.24. The van der Waals surface area contributed by atoms with Crippen molar-refractivity contribution in [3.8, 4) is 0 Å². The van der Waals surface area contributed by atoms with Gasteiger partial charge in [-0.15, -0.1) is 0 Å². The van der Waals surface area contributed by atoms with E-state index in [0.717, 1.165) is 10.7 Å². The van der Waals surface area contributed by atoms with Crippen molar-refractivity contribution in [2.24, 2.45) is 0 Å². The molecule has 1 N–H and O–H groups in total. The molecule has 0 heterocycles. The Labute approximate surface area is 120 Å². The van der Waals surface area contributed by atoms with E-state index in [0.29, 0.717) is 0 Å². The van der Waals surface area contributed by atoms with Crippen LogP contribution in [0.2, 0.25) is 5.02 Å². The quantitative estimate of drug-likeness (QED) is 0.785. The Bertz CT molecular complexity index is 590. The van der Waals surface area contributed by atoms with Gasteiger partial charge in [0.1, 0.15) is 0 Å². The van der Waals surface area contributed by atoms with Crippen LogP contribution in [0, 0.1) is 20.8 Å². The molecule has 0 spiro atoms. The summed E-state index contributed by atoms with van der Waals surface area (Å²) < 4.78 is 0. The van der Waals surface area contributed by atoms with Crippen molar-refractivity contribution in [2.45, 2.75) is 33.7 Å². The molecule has 1 nitrogen and oxygen atoms in total. The Balaban J connectivity index is 2.27. The van der Waals surface area contributed by atoms with Gasteiger partial charge in [-0.25, -0.2) is 0 Å². The molecule has 0 fully saturated rings. The van der Waals surface area contributed by atoms with E-state index in [1.165, 1.54) is 22.3 Å². The zero-order valence-corrected chi connectivity index (χ0v) is 12.7. The molecule has 0 bridgehead atoms. The first-order valence-electron chi connectivity index (χ1n) is 6.57. The van der Waals surface area contributed by atoms with Crippen LogP contribution >= 0.6 is 11.6 Å². The van der Waals surface area contributed by atoms with Crippen molar-refractivity contribution in [3.63, 3.8) is 0 Å². The van der Waals surface area contributed by atoms with Gasteiger partial charge in [-0.05, 0) is 56.5 Å². The van der Waals surface area contributed by atoms with Crippen LogP contribution in [0.1, 0.15) is 35.2 Å². The van der Waals surface area contributed by atoms with Gasteiger partial charge in [0.2, 0.25) is 0 Å². The lowest BCUT2D eigenvalue weighted by molar-refractivity contribution is 0.870. The third-order valence-corrected chi connectivity index (χ3v) is 3.71. The maximum absolute atomic E-state index is 6.06. The summed E-state index contributed by atoms with van der Waals surface area (Å²) >= 11 is 6.06. The van der Waals surface area contributed by atoms with E-state index in [2.05, 4.69) is 51.2 Å². The molecule has 0 aromatic heterocycles. The maximum Gasteiger partial charge on any atom is 0.0488 e. The molecular weight excluding hydrogens is 254 g/mol. The SMILES string of the molecule is Cc1ccc(C)c(C(C)Nc2cc(Cl)ccc2C)c1. The van der Waals surface area contributed by atoms with E-state index in [4.69, 9.17) is 11.6 Å². The van der Waals surface area contributed by atoms with E-state index >= 15 is 0 Å². The molecule has 2 heteroatoms. The molecule has 1 unspecified atom stereocenters. The summed E-state index contributed by atoms with van der Waals surface area (Å²) in [4.78, 5) is 0. The molecule has 19 heavy (non-hydrogen) atoms. The van der Waals surface area contributed by atoms with Gasteiger partial charge >= 0.3 is 0 Å². The summed E-state index contributed by atoms with van der Waals surface area (Å²) in [7, 11) is 0. The van der Waals surface area contributed by atoms with Gasteiger partial charge in [0, 0.05) is 16.8 Å². The average Bonchev–Trinajstić information content (AvgIpc) is 2.36. The van der Waals surface area contributed by atoms with Gasteiger partial charge in [0.25, 0.3) is 0 Å². The predicted molar refractivity (Wildman–Crippen MR) is 84.1 cm³/mol. The number of aryl methyl sites for hydroxylation is 3. The van der Waals surface area contributed by atoms with Gasteiger partial charge < -0.3 is 5.32 Å². The number of nitrogens with one attached hydrogen (secondary N) is 1. The van der Waals surface area contributed by atoms with Crippen molar-refractivity contribution in [1.29, 1.82) is 0 Å². The van der Waals surface area contributed by atoms with Crippen molar-refractivity contribution >= 4 is 17.3 Å². The highest BCUT2D eigenvalue weighted by Gasteiger charge is 2.10. The maximum atomic E-state index is 6.06. The van der Waals surface area contributed by atoms with Crippen molar-refractivity contribution < 1.29 is 0 Å². The topological polar surface area (TPSA) is 12.0 Å². The summed E-state index contributed by atoms with van der Waals surface area (Å²) in [6.07, 6.45) is 0. The molecule has 0 aliphatic heterocycles. The Morgan fingerprint density at radius 3 is 2.37 bits per heavy atom. The molecule has 0 aliphatic rings. The molecule has 2 aromatic rings. The van der Waals surface area contributed by atoms with Crippen LogP contribution in [-0.4, -0.2) is 0 Å². The highest BCUT2D eigenvalue weighted by atomic mass is 35.5. The molecule has 2 aromatic carbocycles. The number of halogens is 1. The van der Waals surface area contributed by atoms with Gasteiger partial charge in [-0.2, -0.15) is 0 Å². The Hall–Kier alpha value is -1.47. The fourth-order valence-corrected chi connectivity index (χ4v) is 2.46. The van der Waals surface area contributed by atoms with Crippen LogP contribution in [0.15, 0.2) is 36.4 Å². The zero-order valence-electron chi connectivity index (χ0n) is 11.9. The first kappa shape index (κ1) is 14.0. The molecule has 0 saturated carbocycles. The normalized spacial score (nSPS) is 12.3. The van der Waals surface area contributed by atoms with Crippen LogP contribution in [0.3, 0.4) is 0 Å². The fourth-order valence-electron chi connectivity index (χ4n) is 2.29. The molecule has 1 atom stereocenters. The second-order valence-electron chi connectivity index (χ2n) is 5.19. The lowest BCUT2D eigenvalue weighted by Crippen LogP contribution is -2.09. The minimum absolute atomic E-state index is 0.261. The Morgan fingerprint density at radius 1 is 0.947 bits per heavy atom. The molecule has 0 amide bonds. The standard InChI is InChI=1S/C17H20ClN/c1-11-5-6-12(2)16(9-11)14(4)19-17-10-15(18)8-7-13(17)3/h5-10,14,19H,1-4H3. The molecule has 2 rings (SSSR count). The van der Waals surface area contributed by atoms with Gasteiger partial charge in [-0.3, -0.25) is 0 Å². The van der Waals surface area contributed by atoms with Crippen LogP contribution in [-0.2, 0) is 0 Å². The number of anilines is 1. The smallest absolute Gasteiger partial charge is 0.0488 e. The summed E-state index contributed by atoms with van der Waals surface area (Å²) in [5.74, 6) is 0. The number of benzene rings is 2. The minimum Gasteiger partial charge on any atom is -0.378 e. The third-order valence-electron chi connectivity index (χ3n) is 3.47. The van der Waals surface area contributed by atoms with E-state index in [1.54, 1.807) is 0 Å². The number of hydrogen-bond acceptors (Lipinski definition) is 1. The second kappa shape index (κ2) is 5.66. The Morgan fingerprint density at radius 2 is 1.63 bits per heavy atom. The second-order valence-corrected chi connectivity index (χ2v) is 5.62. The van der Waals surface area contributed by atoms with Crippen LogP contribution < -0.4 is 5.32 Å². The largest absolute Gasteiger partial charge is 0.378 e. The van der Waals surface area contributed by atoms with E-state index in [9.17, 15) is 0 Å². The molecule has 0 radical (unpaired) electrons. The minimum atomic E-state index is 0.261. The highest BCUT2D eigenvalue weighted by molar-refractivity contribution is 6.30. The highest BCUT2D eigenvalue weighted by Crippen LogP contribution is 2.27. The van der Waals surface area contributed by atoms with Gasteiger partial charge in [0.05, 0.1) is 0 Å². The Kier molecular flexibility index (Phi) is 4.16. The molecular formula is C17H20ClN. The first-order valence-corrected chi connectivity index (χ1v) is 6.95. The fraction of sp³-hybridized carbons (Fsp3) is 0.294. The van der Waals surface area contributed by atoms with Gasteiger partial charge in [0.15, 0.2) is 0 Å². The average molecular weight is 274 g/mol. The van der Waals surface area contributed by atoms with Gasteiger partial charge in [-0.1, -0.05) is 41.4 Å². The van der Waals surface area contributed by atoms with Crippen LogP contribution in [0.5, 0.6) is 0 Å². The zero-order chi connectivity index (χ0) is 14.0. The lowest BCUT2D eigenvalue weighted by atomic mass is 9.99. The molecule has 100 valence electrons. The van der Waals surface area contributed by atoms with Crippen molar-refractivity contribution in [1.82, 2.24) is 0 Å². The molecule has 0 saturated heterocycles.